The number of carbonyl (C=O) groups is 1. The molecule has 1 aliphatic carbocycles. The van der Waals surface area contributed by atoms with Crippen molar-refractivity contribution in [3.05, 3.63) is 0 Å². The summed E-state index contributed by atoms with van der Waals surface area (Å²) >= 11 is 3.65. The molecule has 0 aliphatic heterocycles. The summed E-state index contributed by atoms with van der Waals surface area (Å²) in [5.74, 6) is 0.890. The maximum absolute atomic E-state index is 11.9. The van der Waals surface area contributed by atoms with E-state index >= 15 is 0 Å². The Labute approximate surface area is 108 Å². The van der Waals surface area contributed by atoms with Crippen molar-refractivity contribution in [1.82, 2.24) is 5.32 Å². The lowest BCUT2D eigenvalue weighted by Gasteiger charge is -2.27. The third-order valence-corrected chi connectivity index (χ3v) is 4.74. The molecule has 16 heavy (non-hydrogen) atoms. The standard InChI is InChI=1S/C13H24BrNO/c1-4-13(2,3)12(16)15-9-10-5-7-11(14)8-6-10/h10-11H,4-9H2,1-3H3,(H,15,16). The first-order valence-electron chi connectivity index (χ1n) is 6.38. The van der Waals surface area contributed by atoms with Crippen molar-refractivity contribution in [1.29, 1.82) is 0 Å². The van der Waals surface area contributed by atoms with Crippen molar-refractivity contribution in [2.45, 2.75) is 57.7 Å². The summed E-state index contributed by atoms with van der Waals surface area (Å²) in [6.07, 6.45) is 5.87. The Kier molecular flexibility index (Phi) is 5.29. The van der Waals surface area contributed by atoms with Crippen LogP contribution in [-0.2, 0) is 4.79 Å². The van der Waals surface area contributed by atoms with Gasteiger partial charge in [0.25, 0.3) is 0 Å². The fraction of sp³-hybridized carbons (Fsp3) is 0.923. The van der Waals surface area contributed by atoms with Crippen LogP contribution in [0.3, 0.4) is 0 Å². The summed E-state index contributed by atoms with van der Waals surface area (Å²) in [7, 11) is 0. The Balaban J connectivity index is 2.27. The number of carbonyl (C=O) groups excluding carboxylic acids is 1. The molecule has 0 atom stereocenters. The quantitative estimate of drug-likeness (QED) is 0.789. The van der Waals surface area contributed by atoms with Crippen LogP contribution in [0.25, 0.3) is 0 Å². The molecular weight excluding hydrogens is 266 g/mol. The summed E-state index contributed by atoms with van der Waals surface area (Å²) in [5.41, 5.74) is -0.216. The molecule has 0 saturated heterocycles. The van der Waals surface area contributed by atoms with Gasteiger partial charge in [0.05, 0.1) is 0 Å². The van der Waals surface area contributed by atoms with Gasteiger partial charge in [-0.2, -0.15) is 0 Å². The number of rotatable bonds is 4. The Bertz CT molecular complexity index is 232. The summed E-state index contributed by atoms with van der Waals surface area (Å²) in [5, 5.41) is 3.10. The molecule has 0 aromatic heterocycles. The molecule has 1 saturated carbocycles. The zero-order valence-corrected chi connectivity index (χ0v) is 12.3. The molecule has 1 amide bonds. The van der Waals surface area contributed by atoms with Crippen LogP contribution in [0, 0.1) is 11.3 Å². The molecule has 1 N–H and O–H groups in total. The highest BCUT2D eigenvalue weighted by molar-refractivity contribution is 9.09. The van der Waals surface area contributed by atoms with Crippen LogP contribution in [0.2, 0.25) is 0 Å². The van der Waals surface area contributed by atoms with Gasteiger partial charge >= 0.3 is 0 Å². The first-order valence-corrected chi connectivity index (χ1v) is 7.29. The minimum atomic E-state index is -0.216. The highest BCUT2D eigenvalue weighted by Crippen LogP contribution is 2.28. The molecule has 1 rings (SSSR count). The topological polar surface area (TPSA) is 29.1 Å². The Morgan fingerprint density at radius 2 is 1.88 bits per heavy atom. The lowest BCUT2D eigenvalue weighted by atomic mass is 9.87. The van der Waals surface area contributed by atoms with E-state index in [2.05, 4.69) is 28.2 Å². The van der Waals surface area contributed by atoms with Crippen LogP contribution < -0.4 is 5.32 Å². The van der Waals surface area contributed by atoms with Crippen LogP contribution in [0.1, 0.15) is 52.9 Å². The van der Waals surface area contributed by atoms with Gasteiger partial charge in [0, 0.05) is 16.8 Å². The molecule has 0 radical (unpaired) electrons. The minimum Gasteiger partial charge on any atom is -0.355 e. The zero-order valence-electron chi connectivity index (χ0n) is 10.7. The molecule has 0 aromatic carbocycles. The fourth-order valence-electron chi connectivity index (χ4n) is 1.96. The molecule has 2 nitrogen and oxygen atoms in total. The van der Waals surface area contributed by atoms with E-state index in [0.717, 1.165) is 13.0 Å². The highest BCUT2D eigenvalue weighted by atomic mass is 79.9. The van der Waals surface area contributed by atoms with Crippen LogP contribution >= 0.6 is 15.9 Å². The van der Waals surface area contributed by atoms with Gasteiger partial charge in [-0.3, -0.25) is 4.79 Å². The van der Waals surface area contributed by atoms with Crippen LogP contribution in [-0.4, -0.2) is 17.3 Å². The van der Waals surface area contributed by atoms with E-state index in [9.17, 15) is 4.79 Å². The van der Waals surface area contributed by atoms with E-state index < -0.39 is 0 Å². The van der Waals surface area contributed by atoms with E-state index in [1.807, 2.05) is 13.8 Å². The lowest BCUT2D eigenvalue weighted by molar-refractivity contribution is -0.129. The molecule has 1 fully saturated rings. The molecule has 3 heteroatoms. The van der Waals surface area contributed by atoms with E-state index in [1.54, 1.807) is 0 Å². The lowest BCUT2D eigenvalue weighted by Crippen LogP contribution is -2.39. The first kappa shape index (κ1) is 14.0. The van der Waals surface area contributed by atoms with Gasteiger partial charge in [0.15, 0.2) is 0 Å². The summed E-state index contributed by atoms with van der Waals surface area (Å²) < 4.78 is 0. The zero-order chi connectivity index (χ0) is 12.2. The normalized spacial score (nSPS) is 26.5. The van der Waals surface area contributed by atoms with Gasteiger partial charge in [0.1, 0.15) is 0 Å². The second-order valence-corrected chi connectivity index (χ2v) is 6.86. The Morgan fingerprint density at radius 3 is 2.38 bits per heavy atom. The minimum absolute atomic E-state index is 0.205. The molecule has 0 unspecified atom stereocenters. The Hall–Kier alpha value is -0.0500. The summed E-state index contributed by atoms with van der Waals surface area (Å²) in [4.78, 5) is 12.6. The fourth-order valence-corrected chi connectivity index (χ4v) is 2.49. The van der Waals surface area contributed by atoms with E-state index in [4.69, 9.17) is 0 Å². The van der Waals surface area contributed by atoms with Gasteiger partial charge in [-0.1, -0.05) is 36.7 Å². The number of halogens is 1. The van der Waals surface area contributed by atoms with Crippen molar-refractivity contribution >= 4 is 21.8 Å². The first-order chi connectivity index (χ1) is 7.45. The van der Waals surface area contributed by atoms with E-state index in [1.165, 1.54) is 25.7 Å². The molecule has 0 heterocycles. The number of amides is 1. The number of hydrogen-bond donors (Lipinski definition) is 1. The second kappa shape index (κ2) is 6.04. The third kappa shape index (κ3) is 4.08. The maximum atomic E-state index is 11.9. The van der Waals surface area contributed by atoms with Crippen molar-refractivity contribution in [2.24, 2.45) is 11.3 Å². The van der Waals surface area contributed by atoms with Crippen LogP contribution in [0.5, 0.6) is 0 Å². The summed E-state index contributed by atoms with van der Waals surface area (Å²) in [6.45, 7) is 6.95. The van der Waals surface area contributed by atoms with E-state index in [0.29, 0.717) is 10.7 Å². The average Bonchev–Trinajstić information content (AvgIpc) is 2.28. The van der Waals surface area contributed by atoms with Gasteiger partial charge in [-0.25, -0.2) is 0 Å². The molecule has 0 bridgehead atoms. The van der Waals surface area contributed by atoms with Gasteiger partial charge < -0.3 is 5.32 Å². The van der Waals surface area contributed by atoms with Gasteiger partial charge in [-0.15, -0.1) is 0 Å². The average molecular weight is 290 g/mol. The largest absolute Gasteiger partial charge is 0.355 e. The van der Waals surface area contributed by atoms with Gasteiger partial charge in [0.2, 0.25) is 5.91 Å². The predicted octanol–water partition coefficient (Wildman–Crippen LogP) is 3.49. The predicted molar refractivity (Wildman–Crippen MR) is 71.8 cm³/mol. The third-order valence-electron chi connectivity index (χ3n) is 3.83. The maximum Gasteiger partial charge on any atom is 0.225 e. The van der Waals surface area contributed by atoms with Crippen molar-refractivity contribution in [3.63, 3.8) is 0 Å². The number of alkyl halides is 1. The molecular formula is C13H24BrNO. The van der Waals surface area contributed by atoms with Crippen molar-refractivity contribution < 1.29 is 4.79 Å². The molecule has 94 valence electrons. The van der Waals surface area contributed by atoms with Crippen LogP contribution in [0.15, 0.2) is 0 Å². The number of nitrogens with one attached hydrogen (secondary N) is 1. The molecule has 0 aromatic rings. The van der Waals surface area contributed by atoms with E-state index in [-0.39, 0.29) is 11.3 Å². The Morgan fingerprint density at radius 1 is 1.31 bits per heavy atom. The second-order valence-electron chi connectivity index (χ2n) is 5.57. The summed E-state index contributed by atoms with van der Waals surface area (Å²) in [6, 6.07) is 0. The van der Waals surface area contributed by atoms with Crippen molar-refractivity contribution in [3.8, 4) is 0 Å². The number of hydrogen-bond acceptors (Lipinski definition) is 1. The van der Waals surface area contributed by atoms with Crippen molar-refractivity contribution in [2.75, 3.05) is 6.54 Å². The molecule has 1 aliphatic rings. The highest BCUT2D eigenvalue weighted by Gasteiger charge is 2.26. The van der Waals surface area contributed by atoms with Gasteiger partial charge in [-0.05, 0) is 38.0 Å². The van der Waals surface area contributed by atoms with Crippen LogP contribution in [0.4, 0.5) is 0 Å². The molecule has 0 spiro atoms. The monoisotopic (exact) mass is 289 g/mol. The SMILES string of the molecule is CCC(C)(C)C(=O)NCC1CCC(Br)CC1. The smallest absolute Gasteiger partial charge is 0.225 e.